The Morgan fingerprint density at radius 3 is 2.40 bits per heavy atom. The van der Waals surface area contributed by atoms with E-state index >= 15 is 0 Å². The average Bonchev–Trinajstić information content (AvgIpc) is 2.39. The van der Waals surface area contributed by atoms with Crippen molar-refractivity contribution in [3.05, 3.63) is 57.6 Å². The van der Waals surface area contributed by atoms with Gasteiger partial charge in [-0.05, 0) is 67.8 Å². The fraction of sp³-hybridized carbons (Fsp3) is 0.188. The van der Waals surface area contributed by atoms with Gasteiger partial charge in [-0.25, -0.2) is 0 Å². The largest absolute Gasteiger partial charge is 0.399 e. The summed E-state index contributed by atoms with van der Waals surface area (Å²) < 4.78 is 0. The summed E-state index contributed by atoms with van der Waals surface area (Å²) in [5.41, 5.74) is 10.7. The summed E-state index contributed by atoms with van der Waals surface area (Å²) in [6, 6.07) is 8.96. The lowest BCUT2D eigenvalue weighted by Crippen LogP contribution is -2.13. The Morgan fingerprint density at radius 2 is 1.75 bits per heavy atom. The van der Waals surface area contributed by atoms with Gasteiger partial charge < -0.3 is 11.1 Å². The van der Waals surface area contributed by atoms with Crippen LogP contribution in [0, 0.1) is 20.8 Å². The second-order valence-corrected chi connectivity index (χ2v) is 5.35. The lowest BCUT2D eigenvalue weighted by Gasteiger charge is -2.11. The third-order valence-corrected chi connectivity index (χ3v) is 3.71. The Kier molecular flexibility index (Phi) is 4.00. The van der Waals surface area contributed by atoms with Crippen LogP contribution in [0.1, 0.15) is 27.0 Å². The molecule has 2 rings (SSSR count). The number of carbonyl (C=O) groups is 1. The van der Waals surface area contributed by atoms with E-state index in [2.05, 4.69) is 5.32 Å². The van der Waals surface area contributed by atoms with Crippen LogP contribution in [0.15, 0.2) is 30.3 Å². The first-order valence-electron chi connectivity index (χ1n) is 6.32. The van der Waals surface area contributed by atoms with Crippen molar-refractivity contribution in [2.45, 2.75) is 20.8 Å². The summed E-state index contributed by atoms with van der Waals surface area (Å²) in [6.07, 6.45) is 0. The quantitative estimate of drug-likeness (QED) is 0.818. The Morgan fingerprint density at radius 1 is 1.05 bits per heavy atom. The van der Waals surface area contributed by atoms with Crippen molar-refractivity contribution in [3.63, 3.8) is 0 Å². The van der Waals surface area contributed by atoms with Crippen LogP contribution in [0.2, 0.25) is 5.02 Å². The van der Waals surface area contributed by atoms with Crippen LogP contribution in [-0.2, 0) is 0 Å². The summed E-state index contributed by atoms with van der Waals surface area (Å²) in [6.45, 7) is 5.70. The highest BCUT2D eigenvalue weighted by atomic mass is 35.5. The summed E-state index contributed by atoms with van der Waals surface area (Å²) in [4.78, 5) is 12.2. The molecule has 20 heavy (non-hydrogen) atoms. The van der Waals surface area contributed by atoms with Gasteiger partial charge in [-0.2, -0.15) is 0 Å². The standard InChI is InChI=1S/C16H17ClN2O/c1-9-6-12(4-5-13(9)17)16(20)19-15-8-10(2)14(18)7-11(15)3/h4-8H,18H2,1-3H3,(H,19,20). The lowest BCUT2D eigenvalue weighted by atomic mass is 10.1. The van der Waals surface area contributed by atoms with E-state index in [1.807, 2.05) is 32.9 Å². The molecule has 0 aliphatic heterocycles. The van der Waals surface area contributed by atoms with Crippen LogP contribution in [0.3, 0.4) is 0 Å². The average molecular weight is 289 g/mol. The Hall–Kier alpha value is -2.00. The fourth-order valence-electron chi connectivity index (χ4n) is 1.95. The van der Waals surface area contributed by atoms with Crippen LogP contribution in [0.5, 0.6) is 0 Å². The van der Waals surface area contributed by atoms with Gasteiger partial charge in [0.15, 0.2) is 0 Å². The smallest absolute Gasteiger partial charge is 0.255 e. The van der Waals surface area contributed by atoms with E-state index in [0.29, 0.717) is 10.6 Å². The molecule has 4 heteroatoms. The summed E-state index contributed by atoms with van der Waals surface area (Å²) in [5.74, 6) is -0.156. The highest BCUT2D eigenvalue weighted by Crippen LogP contribution is 2.23. The second kappa shape index (κ2) is 5.55. The molecule has 0 aromatic heterocycles. The van der Waals surface area contributed by atoms with Gasteiger partial charge in [-0.1, -0.05) is 11.6 Å². The van der Waals surface area contributed by atoms with Gasteiger partial charge in [0.2, 0.25) is 0 Å². The number of nitrogens with one attached hydrogen (secondary N) is 1. The van der Waals surface area contributed by atoms with Crippen molar-refractivity contribution >= 4 is 28.9 Å². The zero-order chi connectivity index (χ0) is 14.9. The number of anilines is 2. The monoisotopic (exact) mass is 288 g/mol. The van der Waals surface area contributed by atoms with Crippen molar-refractivity contribution in [2.24, 2.45) is 0 Å². The van der Waals surface area contributed by atoms with Crippen LogP contribution >= 0.6 is 11.6 Å². The van der Waals surface area contributed by atoms with E-state index in [1.54, 1.807) is 18.2 Å². The van der Waals surface area contributed by atoms with Crippen molar-refractivity contribution in [1.82, 2.24) is 0 Å². The minimum atomic E-state index is -0.156. The van der Waals surface area contributed by atoms with E-state index in [9.17, 15) is 4.79 Å². The predicted octanol–water partition coefficient (Wildman–Crippen LogP) is 4.10. The number of hydrogen-bond donors (Lipinski definition) is 2. The highest BCUT2D eigenvalue weighted by Gasteiger charge is 2.10. The molecule has 0 fully saturated rings. The number of carbonyl (C=O) groups excluding carboxylic acids is 1. The zero-order valence-electron chi connectivity index (χ0n) is 11.8. The minimum Gasteiger partial charge on any atom is -0.399 e. The molecule has 1 amide bonds. The molecule has 0 heterocycles. The maximum atomic E-state index is 12.2. The highest BCUT2D eigenvalue weighted by molar-refractivity contribution is 6.31. The zero-order valence-corrected chi connectivity index (χ0v) is 12.5. The lowest BCUT2D eigenvalue weighted by molar-refractivity contribution is 0.102. The Labute approximate surface area is 123 Å². The molecule has 2 aromatic carbocycles. The number of hydrogen-bond acceptors (Lipinski definition) is 2. The molecule has 0 radical (unpaired) electrons. The molecule has 3 N–H and O–H groups in total. The van der Waals surface area contributed by atoms with E-state index in [0.717, 1.165) is 28.1 Å². The number of halogens is 1. The van der Waals surface area contributed by atoms with Crippen LogP contribution < -0.4 is 11.1 Å². The third kappa shape index (κ3) is 2.94. The van der Waals surface area contributed by atoms with Gasteiger partial charge in [0.25, 0.3) is 5.91 Å². The molecule has 0 unspecified atom stereocenters. The summed E-state index contributed by atoms with van der Waals surface area (Å²) in [5, 5.41) is 3.56. The summed E-state index contributed by atoms with van der Waals surface area (Å²) >= 11 is 5.96. The van der Waals surface area contributed by atoms with Crippen LogP contribution in [-0.4, -0.2) is 5.91 Å². The number of benzene rings is 2. The second-order valence-electron chi connectivity index (χ2n) is 4.94. The fourth-order valence-corrected chi connectivity index (χ4v) is 2.07. The van der Waals surface area contributed by atoms with E-state index in [-0.39, 0.29) is 5.91 Å². The van der Waals surface area contributed by atoms with Gasteiger partial charge >= 0.3 is 0 Å². The Bertz CT molecular complexity index is 680. The molecule has 0 saturated carbocycles. The number of rotatable bonds is 2. The Balaban J connectivity index is 2.27. The van der Waals surface area contributed by atoms with Crippen LogP contribution in [0.4, 0.5) is 11.4 Å². The van der Waals surface area contributed by atoms with Gasteiger partial charge in [-0.3, -0.25) is 4.79 Å². The molecule has 0 spiro atoms. The molecule has 2 aromatic rings. The number of nitrogen functional groups attached to an aromatic ring is 1. The van der Waals surface area contributed by atoms with Crippen LogP contribution in [0.25, 0.3) is 0 Å². The van der Waals surface area contributed by atoms with E-state index in [4.69, 9.17) is 17.3 Å². The van der Waals surface area contributed by atoms with E-state index < -0.39 is 0 Å². The topological polar surface area (TPSA) is 55.1 Å². The summed E-state index contributed by atoms with van der Waals surface area (Å²) in [7, 11) is 0. The normalized spacial score (nSPS) is 10.4. The minimum absolute atomic E-state index is 0.156. The molecule has 104 valence electrons. The molecule has 0 aliphatic carbocycles. The van der Waals surface area contributed by atoms with Crippen molar-refractivity contribution in [1.29, 1.82) is 0 Å². The maximum absolute atomic E-state index is 12.2. The molecular formula is C16H17ClN2O. The van der Waals surface area contributed by atoms with Gasteiger partial charge in [0, 0.05) is 22.0 Å². The molecule has 3 nitrogen and oxygen atoms in total. The molecule has 0 aliphatic rings. The first kappa shape index (κ1) is 14.4. The number of aryl methyl sites for hydroxylation is 3. The first-order valence-corrected chi connectivity index (χ1v) is 6.70. The van der Waals surface area contributed by atoms with Gasteiger partial charge in [0.1, 0.15) is 0 Å². The van der Waals surface area contributed by atoms with Gasteiger partial charge in [0.05, 0.1) is 0 Å². The number of nitrogens with two attached hydrogens (primary N) is 1. The molecular weight excluding hydrogens is 272 g/mol. The third-order valence-electron chi connectivity index (χ3n) is 3.28. The first-order chi connectivity index (χ1) is 9.38. The molecule has 0 atom stereocenters. The van der Waals surface area contributed by atoms with Gasteiger partial charge in [-0.15, -0.1) is 0 Å². The van der Waals surface area contributed by atoms with E-state index in [1.165, 1.54) is 0 Å². The van der Waals surface area contributed by atoms with Crippen molar-refractivity contribution in [3.8, 4) is 0 Å². The predicted molar refractivity (Wildman–Crippen MR) is 84.5 cm³/mol. The SMILES string of the molecule is Cc1cc(NC(=O)c2ccc(Cl)c(C)c2)c(C)cc1N. The van der Waals surface area contributed by atoms with Crippen molar-refractivity contribution in [2.75, 3.05) is 11.1 Å². The van der Waals surface area contributed by atoms with Crippen molar-refractivity contribution < 1.29 is 4.79 Å². The maximum Gasteiger partial charge on any atom is 0.255 e. The molecule has 0 saturated heterocycles. The number of amides is 1. The molecule has 0 bridgehead atoms.